The van der Waals surface area contributed by atoms with Gasteiger partial charge in [-0.05, 0) is 0 Å². The monoisotopic (exact) mass is 159 g/mol. The molecule has 0 unspecified atom stereocenters. The van der Waals surface area contributed by atoms with E-state index in [-0.39, 0.29) is 0 Å². The molecule has 0 atom stereocenters. The van der Waals surface area contributed by atoms with Crippen molar-refractivity contribution in [3.63, 3.8) is 0 Å². The molecule has 0 heterocycles. The van der Waals surface area contributed by atoms with Crippen LogP contribution < -0.4 is 5.73 Å². The Balaban J connectivity index is 2.72. The molecular formula is C7H13NOS. The average Bonchev–Trinajstić information content (AvgIpc) is 1.97. The van der Waals surface area contributed by atoms with E-state index in [1.165, 1.54) is 0 Å². The number of nitrogens with two attached hydrogens (primary N) is 1. The second-order valence-corrected chi connectivity index (χ2v) is 2.76. The van der Waals surface area contributed by atoms with Gasteiger partial charge in [0.25, 0.3) is 0 Å². The Labute approximate surface area is 66.5 Å². The van der Waals surface area contributed by atoms with Crippen molar-refractivity contribution in [3.8, 4) is 12.3 Å². The summed E-state index contributed by atoms with van der Waals surface area (Å²) in [6, 6.07) is 0. The van der Waals surface area contributed by atoms with E-state index in [0.29, 0.717) is 13.2 Å². The van der Waals surface area contributed by atoms with E-state index in [1.807, 2.05) is 0 Å². The fraction of sp³-hybridized carbons (Fsp3) is 0.714. The minimum absolute atomic E-state index is 0.597. The molecule has 2 N–H and O–H groups in total. The number of ether oxygens (including phenoxy) is 1. The van der Waals surface area contributed by atoms with Gasteiger partial charge in [-0.25, -0.2) is 0 Å². The third-order valence-corrected chi connectivity index (χ3v) is 1.65. The zero-order chi connectivity index (χ0) is 7.66. The van der Waals surface area contributed by atoms with Crippen LogP contribution in [0.5, 0.6) is 0 Å². The molecule has 0 aliphatic rings. The highest BCUT2D eigenvalue weighted by Gasteiger charge is 1.85. The van der Waals surface area contributed by atoms with Crippen LogP contribution in [0, 0.1) is 12.3 Å². The predicted molar refractivity (Wildman–Crippen MR) is 46.0 cm³/mol. The van der Waals surface area contributed by atoms with Crippen LogP contribution in [0.4, 0.5) is 0 Å². The zero-order valence-electron chi connectivity index (χ0n) is 6.01. The summed E-state index contributed by atoms with van der Waals surface area (Å²) in [5, 5.41) is 0. The Morgan fingerprint density at radius 2 is 2.30 bits per heavy atom. The molecule has 58 valence electrons. The molecule has 0 aromatic rings. The maximum atomic E-state index is 5.21. The smallest absolute Gasteiger partial charge is 0.0589 e. The molecule has 0 aliphatic heterocycles. The Morgan fingerprint density at radius 1 is 1.50 bits per heavy atom. The van der Waals surface area contributed by atoms with Crippen LogP contribution in [-0.2, 0) is 4.74 Å². The topological polar surface area (TPSA) is 35.2 Å². The van der Waals surface area contributed by atoms with Gasteiger partial charge in [0.2, 0.25) is 0 Å². The largest absolute Gasteiger partial charge is 0.379 e. The van der Waals surface area contributed by atoms with Gasteiger partial charge < -0.3 is 10.5 Å². The van der Waals surface area contributed by atoms with Crippen molar-refractivity contribution in [1.82, 2.24) is 0 Å². The first-order valence-electron chi connectivity index (χ1n) is 3.21. The second kappa shape index (κ2) is 8.83. The molecule has 0 saturated carbocycles. The van der Waals surface area contributed by atoms with Crippen molar-refractivity contribution in [1.29, 1.82) is 0 Å². The second-order valence-electron chi connectivity index (χ2n) is 1.66. The van der Waals surface area contributed by atoms with Gasteiger partial charge in [0.15, 0.2) is 0 Å². The van der Waals surface area contributed by atoms with Gasteiger partial charge >= 0.3 is 0 Å². The summed E-state index contributed by atoms with van der Waals surface area (Å²) in [5.74, 6) is 4.27. The lowest BCUT2D eigenvalue weighted by Crippen LogP contribution is -2.09. The fourth-order valence-electron chi connectivity index (χ4n) is 0.434. The van der Waals surface area contributed by atoms with Crippen LogP contribution in [0.25, 0.3) is 0 Å². The Hall–Kier alpha value is -0.170. The Bertz CT molecular complexity index is 100. The van der Waals surface area contributed by atoms with E-state index < -0.39 is 0 Å². The summed E-state index contributed by atoms with van der Waals surface area (Å²) < 4.78 is 5.11. The summed E-state index contributed by atoms with van der Waals surface area (Å²) in [7, 11) is 0. The Morgan fingerprint density at radius 3 is 2.90 bits per heavy atom. The number of terminal acetylenes is 1. The molecular weight excluding hydrogens is 146 g/mol. The lowest BCUT2D eigenvalue weighted by Gasteiger charge is -1.99. The highest BCUT2D eigenvalue weighted by Crippen LogP contribution is 1.96. The van der Waals surface area contributed by atoms with Gasteiger partial charge in [-0.15, -0.1) is 18.2 Å². The quantitative estimate of drug-likeness (QED) is 0.448. The van der Waals surface area contributed by atoms with Crippen LogP contribution in [0.1, 0.15) is 0 Å². The molecule has 3 heteroatoms. The summed E-state index contributed by atoms with van der Waals surface area (Å²) >= 11 is 1.70. The van der Waals surface area contributed by atoms with Gasteiger partial charge in [0.05, 0.1) is 19.0 Å². The van der Waals surface area contributed by atoms with E-state index in [1.54, 1.807) is 11.8 Å². The SMILES string of the molecule is C#CCSCCOCCN. The minimum atomic E-state index is 0.597. The van der Waals surface area contributed by atoms with Crippen LogP contribution in [0.3, 0.4) is 0 Å². The molecule has 0 bridgehead atoms. The molecule has 0 radical (unpaired) electrons. The van der Waals surface area contributed by atoms with Gasteiger partial charge in [-0.1, -0.05) is 5.92 Å². The minimum Gasteiger partial charge on any atom is -0.379 e. The molecule has 0 rings (SSSR count). The third-order valence-electron chi connectivity index (χ3n) is 0.820. The Kier molecular flexibility index (Phi) is 8.68. The van der Waals surface area contributed by atoms with Crippen molar-refractivity contribution in [2.24, 2.45) is 5.73 Å². The molecule has 2 nitrogen and oxygen atoms in total. The summed E-state index contributed by atoms with van der Waals surface area (Å²) in [6.45, 7) is 2.00. The molecule has 0 aromatic heterocycles. The molecule has 0 saturated heterocycles. The van der Waals surface area contributed by atoms with Crippen LogP contribution in [0.15, 0.2) is 0 Å². The average molecular weight is 159 g/mol. The summed E-state index contributed by atoms with van der Waals surface area (Å²) in [6.07, 6.45) is 5.04. The number of rotatable bonds is 6. The maximum absolute atomic E-state index is 5.21. The van der Waals surface area contributed by atoms with Crippen molar-refractivity contribution in [3.05, 3.63) is 0 Å². The van der Waals surface area contributed by atoms with E-state index in [0.717, 1.165) is 18.1 Å². The first kappa shape index (κ1) is 9.83. The molecule has 0 spiro atoms. The van der Waals surface area contributed by atoms with Crippen molar-refractivity contribution in [2.45, 2.75) is 0 Å². The van der Waals surface area contributed by atoms with E-state index in [2.05, 4.69) is 5.92 Å². The number of thioether (sulfide) groups is 1. The molecule has 10 heavy (non-hydrogen) atoms. The highest BCUT2D eigenvalue weighted by molar-refractivity contribution is 7.99. The highest BCUT2D eigenvalue weighted by atomic mass is 32.2. The van der Waals surface area contributed by atoms with E-state index >= 15 is 0 Å². The van der Waals surface area contributed by atoms with Gasteiger partial charge in [-0.2, -0.15) is 0 Å². The summed E-state index contributed by atoms with van der Waals surface area (Å²) in [5.41, 5.74) is 5.21. The van der Waals surface area contributed by atoms with E-state index in [9.17, 15) is 0 Å². The predicted octanol–water partition coefficient (Wildman–Crippen LogP) is 0.328. The van der Waals surface area contributed by atoms with Crippen LogP contribution in [-0.4, -0.2) is 31.3 Å². The lowest BCUT2D eigenvalue weighted by atomic mass is 10.7. The standard InChI is InChI=1S/C7H13NOS/c1-2-6-10-7-5-9-4-3-8/h1H,3-8H2. The first-order valence-corrected chi connectivity index (χ1v) is 4.36. The lowest BCUT2D eigenvalue weighted by molar-refractivity contribution is 0.158. The number of hydrogen-bond donors (Lipinski definition) is 1. The molecule has 0 aliphatic carbocycles. The van der Waals surface area contributed by atoms with Crippen molar-refractivity contribution in [2.75, 3.05) is 31.3 Å². The van der Waals surface area contributed by atoms with Crippen molar-refractivity contribution < 1.29 is 4.74 Å². The molecule has 0 fully saturated rings. The van der Waals surface area contributed by atoms with Crippen LogP contribution in [0.2, 0.25) is 0 Å². The van der Waals surface area contributed by atoms with Gasteiger partial charge in [0.1, 0.15) is 0 Å². The summed E-state index contributed by atoms with van der Waals surface area (Å²) in [4.78, 5) is 0. The zero-order valence-corrected chi connectivity index (χ0v) is 6.82. The van der Waals surface area contributed by atoms with Crippen LogP contribution >= 0.6 is 11.8 Å². The molecule has 0 amide bonds. The van der Waals surface area contributed by atoms with Crippen molar-refractivity contribution >= 4 is 11.8 Å². The maximum Gasteiger partial charge on any atom is 0.0589 e. The first-order chi connectivity index (χ1) is 4.91. The fourth-order valence-corrected chi connectivity index (χ4v) is 0.932. The third kappa shape index (κ3) is 7.83. The molecule has 0 aromatic carbocycles. The van der Waals surface area contributed by atoms with E-state index in [4.69, 9.17) is 16.9 Å². The normalized spacial score (nSPS) is 9.20. The van der Waals surface area contributed by atoms with Gasteiger partial charge in [-0.3, -0.25) is 0 Å². The van der Waals surface area contributed by atoms with Gasteiger partial charge in [0, 0.05) is 12.3 Å². The number of hydrogen-bond acceptors (Lipinski definition) is 3.